The molecule has 0 aliphatic heterocycles. The molecule has 1 aromatic carbocycles. The van der Waals surface area contributed by atoms with Crippen molar-refractivity contribution in [2.75, 3.05) is 0 Å². The van der Waals surface area contributed by atoms with Gasteiger partial charge >= 0.3 is 0 Å². The summed E-state index contributed by atoms with van der Waals surface area (Å²) >= 11 is 0. The van der Waals surface area contributed by atoms with E-state index in [2.05, 4.69) is 9.97 Å². The minimum atomic E-state index is -0.440. The van der Waals surface area contributed by atoms with Crippen molar-refractivity contribution in [2.24, 2.45) is 5.73 Å². The molecular formula is C12H12FN3. The Kier molecular flexibility index (Phi) is 2.92. The molecule has 0 amide bonds. The van der Waals surface area contributed by atoms with Crippen LogP contribution in [0.1, 0.15) is 22.9 Å². The number of rotatable bonds is 2. The summed E-state index contributed by atoms with van der Waals surface area (Å²) in [5.41, 5.74) is 8.33. The van der Waals surface area contributed by atoms with E-state index in [1.54, 1.807) is 24.7 Å². The van der Waals surface area contributed by atoms with E-state index in [1.165, 1.54) is 12.1 Å². The van der Waals surface area contributed by atoms with Gasteiger partial charge < -0.3 is 5.73 Å². The molecular weight excluding hydrogens is 205 g/mol. The number of aryl methyl sites for hydroxylation is 1. The maximum absolute atomic E-state index is 13.1. The fraction of sp³-hybridized carbons (Fsp3) is 0.167. The summed E-state index contributed by atoms with van der Waals surface area (Å²) in [5, 5.41) is 0. The third-order valence-corrected chi connectivity index (χ3v) is 2.48. The highest BCUT2D eigenvalue weighted by Crippen LogP contribution is 2.21. The number of hydrogen-bond donors (Lipinski definition) is 1. The monoisotopic (exact) mass is 217 g/mol. The lowest BCUT2D eigenvalue weighted by molar-refractivity contribution is 0.622. The molecule has 2 N–H and O–H groups in total. The zero-order chi connectivity index (χ0) is 11.5. The molecule has 16 heavy (non-hydrogen) atoms. The average Bonchev–Trinajstić information content (AvgIpc) is 2.32. The Balaban J connectivity index is 2.41. The molecule has 1 unspecified atom stereocenters. The summed E-state index contributed by atoms with van der Waals surface area (Å²) in [5.74, 6) is -0.292. The Morgan fingerprint density at radius 3 is 2.81 bits per heavy atom. The van der Waals surface area contributed by atoms with Crippen LogP contribution < -0.4 is 5.73 Å². The first-order valence-corrected chi connectivity index (χ1v) is 4.96. The Labute approximate surface area is 93.2 Å². The van der Waals surface area contributed by atoms with Crippen molar-refractivity contribution < 1.29 is 4.39 Å². The van der Waals surface area contributed by atoms with Gasteiger partial charge in [0.05, 0.1) is 17.9 Å². The molecule has 0 aliphatic carbocycles. The summed E-state index contributed by atoms with van der Waals surface area (Å²) in [4.78, 5) is 8.06. The van der Waals surface area contributed by atoms with Crippen LogP contribution in [0.15, 0.2) is 36.8 Å². The summed E-state index contributed by atoms with van der Waals surface area (Å²) < 4.78 is 13.1. The van der Waals surface area contributed by atoms with Gasteiger partial charge in [0.25, 0.3) is 0 Å². The second-order valence-corrected chi connectivity index (χ2v) is 3.61. The van der Waals surface area contributed by atoms with Gasteiger partial charge in [-0.25, -0.2) is 4.39 Å². The van der Waals surface area contributed by atoms with Crippen LogP contribution in [0, 0.1) is 12.7 Å². The summed E-state index contributed by atoms with van der Waals surface area (Å²) in [6.07, 6.45) is 4.74. The molecule has 2 aromatic rings. The van der Waals surface area contributed by atoms with E-state index in [0.29, 0.717) is 5.69 Å². The van der Waals surface area contributed by atoms with Gasteiger partial charge in [-0.1, -0.05) is 6.07 Å². The van der Waals surface area contributed by atoms with Crippen molar-refractivity contribution in [3.05, 3.63) is 59.4 Å². The van der Waals surface area contributed by atoms with Gasteiger partial charge in [0.2, 0.25) is 0 Å². The number of halogens is 1. The van der Waals surface area contributed by atoms with Gasteiger partial charge in [-0.2, -0.15) is 0 Å². The molecule has 0 spiro atoms. The smallest absolute Gasteiger partial charge is 0.123 e. The fourth-order valence-electron chi connectivity index (χ4n) is 1.58. The fourth-order valence-corrected chi connectivity index (χ4v) is 1.58. The van der Waals surface area contributed by atoms with Crippen molar-refractivity contribution in [3.8, 4) is 0 Å². The lowest BCUT2D eigenvalue weighted by Gasteiger charge is -2.13. The molecule has 0 fully saturated rings. The van der Waals surface area contributed by atoms with Crippen LogP contribution >= 0.6 is 0 Å². The predicted molar refractivity (Wildman–Crippen MR) is 59.2 cm³/mol. The Morgan fingerprint density at radius 2 is 2.12 bits per heavy atom. The van der Waals surface area contributed by atoms with E-state index in [9.17, 15) is 4.39 Å². The quantitative estimate of drug-likeness (QED) is 0.836. The van der Waals surface area contributed by atoms with Crippen molar-refractivity contribution in [2.45, 2.75) is 13.0 Å². The van der Waals surface area contributed by atoms with Gasteiger partial charge in [0, 0.05) is 12.4 Å². The van der Waals surface area contributed by atoms with E-state index < -0.39 is 6.04 Å². The highest BCUT2D eigenvalue weighted by atomic mass is 19.1. The molecule has 1 heterocycles. The maximum Gasteiger partial charge on any atom is 0.123 e. The van der Waals surface area contributed by atoms with Crippen molar-refractivity contribution in [1.82, 2.24) is 9.97 Å². The highest BCUT2D eigenvalue weighted by molar-refractivity contribution is 5.33. The van der Waals surface area contributed by atoms with E-state index in [0.717, 1.165) is 11.1 Å². The van der Waals surface area contributed by atoms with Gasteiger partial charge in [0.15, 0.2) is 0 Å². The van der Waals surface area contributed by atoms with Crippen LogP contribution in [0.5, 0.6) is 0 Å². The first-order valence-electron chi connectivity index (χ1n) is 4.96. The average molecular weight is 217 g/mol. The lowest BCUT2D eigenvalue weighted by Crippen LogP contribution is -2.15. The number of benzene rings is 1. The summed E-state index contributed by atoms with van der Waals surface area (Å²) in [6.45, 7) is 1.89. The van der Waals surface area contributed by atoms with Crippen LogP contribution in [-0.4, -0.2) is 9.97 Å². The predicted octanol–water partition coefficient (Wildman–Crippen LogP) is 1.97. The molecule has 0 saturated carbocycles. The second-order valence-electron chi connectivity index (χ2n) is 3.61. The largest absolute Gasteiger partial charge is 0.319 e. The second kappa shape index (κ2) is 4.37. The van der Waals surface area contributed by atoms with E-state index in [4.69, 9.17) is 5.73 Å². The molecule has 0 aliphatic rings. The molecule has 0 saturated heterocycles. The number of aromatic nitrogens is 2. The Bertz CT molecular complexity index is 485. The summed E-state index contributed by atoms with van der Waals surface area (Å²) in [6, 6.07) is 4.13. The van der Waals surface area contributed by atoms with E-state index in [1.807, 2.05) is 6.92 Å². The zero-order valence-electron chi connectivity index (χ0n) is 8.89. The van der Waals surface area contributed by atoms with Crippen LogP contribution in [0.4, 0.5) is 4.39 Å². The van der Waals surface area contributed by atoms with Crippen molar-refractivity contribution in [3.63, 3.8) is 0 Å². The van der Waals surface area contributed by atoms with Crippen LogP contribution in [0.3, 0.4) is 0 Å². The standard InChI is InChI=1S/C12H12FN3/c1-8-2-3-9(13)6-10(8)12(14)11-7-15-4-5-16-11/h2-7,12H,14H2,1H3. The maximum atomic E-state index is 13.1. The lowest BCUT2D eigenvalue weighted by atomic mass is 10.00. The normalized spacial score (nSPS) is 12.4. The zero-order valence-corrected chi connectivity index (χ0v) is 8.89. The molecule has 0 radical (unpaired) electrons. The highest BCUT2D eigenvalue weighted by Gasteiger charge is 2.13. The van der Waals surface area contributed by atoms with Gasteiger partial charge in [-0.3, -0.25) is 9.97 Å². The third kappa shape index (κ3) is 2.06. The van der Waals surface area contributed by atoms with Gasteiger partial charge in [-0.15, -0.1) is 0 Å². The Hall–Kier alpha value is -1.81. The first kappa shape index (κ1) is 10.7. The minimum Gasteiger partial charge on any atom is -0.319 e. The number of nitrogens with two attached hydrogens (primary N) is 1. The van der Waals surface area contributed by atoms with E-state index >= 15 is 0 Å². The minimum absolute atomic E-state index is 0.292. The molecule has 3 nitrogen and oxygen atoms in total. The third-order valence-electron chi connectivity index (χ3n) is 2.48. The number of nitrogens with zero attached hydrogens (tertiary/aromatic N) is 2. The molecule has 1 atom stereocenters. The van der Waals surface area contributed by atoms with Crippen LogP contribution in [0.2, 0.25) is 0 Å². The first-order chi connectivity index (χ1) is 7.68. The molecule has 82 valence electrons. The van der Waals surface area contributed by atoms with Crippen LogP contribution in [-0.2, 0) is 0 Å². The topological polar surface area (TPSA) is 51.8 Å². The number of hydrogen-bond acceptors (Lipinski definition) is 3. The molecule has 2 rings (SSSR count). The Morgan fingerprint density at radius 1 is 1.31 bits per heavy atom. The SMILES string of the molecule is Cc1ccc(F)cc1C(N)c1cnccn1. The van der Waals surface area contributed by atoms with Crippen molar-refractivity contribution >= 4 is 0 Å². The van der Waals surface area contributed by atoms with Crippen LogP contribution in [0.25, 0.3) is 0 Å². The van der Waals surface area contributed by atoms with Gasteiger partial charge in [0.1, 0.15) is 5.82 Å². The molecule has 4 heteroatoms. The molecule has 1 aromatic heterocycles. The van der Waals surface area contributed by atoms with Gasteiger partial charge in [-0.05, 0) is 30.2 Å². The van der Waals surface area contributed by atoms with E-state index in [-0.39, 0.29) is 5.82 Å². The summed E-state index contributed by atoms with van der Waals surface area (Å²) in [7, 11) is 0. The molecule has 0 bridgehead atoms. The van der Waals surface area contributed by atoms with Crippen molar-refractivity contribution in [1.29, 1.82) is 0 Å².